The number of rotatable bonds is 3. The second-order valence-electron chi connectivity index (χ2n) is 5.87. The average Bonchev–Trinajstić information content (AvgIpc) is 3.10. The fourth-order valence-corrected chi connectivity index (χ4v) is 3.15. The lowest BCUT2D eigenvalue weighted by Crippen LogP contribution is -2.16. The molecule has 0 aliphatic heterocycles. The number of halogens is 1. The molecule has 4 aromatic rings. The van der Waals surface area contributed by atoms with Crippen LogP contribution in [0.5, 0.6) is 11.5 Å². The summed E-state index contributed by atoms with van der Waals surface area (Å²) < 4.78 is 6.02. The standard InChI is InChI=1S/C20H13BrN2O4/c21-15-7-12(16(24)9-17(15)25)10-22-23-20(26)19-8-14-13-4-2-1-3-11(13)5-6-18(14)27-19/h1-10,24-25H,(H,23,26)/b22-10-. The van der Waals surface area contributed by atoms with Crippen molar-refractivity contribution in [1.82, 2.24) is 5.43 Å². The minimum absolute atomic E-state index is 0.0943. The van der Waals surface area contributed by atoms with Gasteiger partial charge in [-0.1, -0.05) is 30.3 Å². The van der Waals surface area contributed by atoms with Crippen molar-refractivity contribution in [2.75, 3.05) is 0 Å². The van der Waals surface area contributed by atoms with Crippen LogP contribution in [0.15, 0.2) is 68.6 Å². The van der Waals surface area contributed by atoms with Crippen molar-refractivity contribution in [1.29, 1.82) is 0 Å². The smallest absolute Gasteiger partial charge is 0.307 e. The molecule has 3 aromatic carbocycles. The van der Waals surface area contributed by atoms with Crippen molar-refractivity contribution < 1.29 is 19.4 Å². The third-order valence-corrected chi connectivity index (χ3v) is 4.75. The first kappa shape index (κ1) is 17.1. The number of amides is 1. The van der Waals surface area contributed by atoms with Gasteiger partial charge >= 0.3 is 5.91 Å². The highest BCUT2D eigenvalue weighted by Gasteiger charge is 2.13. The van der Waals surface area contributed by atoms with E-state index in [0.717, 1.165) is 16.2 Å². The number of fused-ring (bicyclic) bond motifs is 3. The number of aromatic hydroxyl groups is 2. The molecule has 0 bridgehead atoms. The molecule has 0 saturated heterocycles. The number of carbonyl (C=O) groups is 1. The monoisotopic (exact) mass is 424 g/mol. The second-order valence-corrected chi connectivity index (χ2v) is 6.73. The quantitative estimate of drug-likeness (QED) is 0.332. The van der Waals surface area contributed by atoms with Gasteiger partial charge in [0.25, 0.3) is 0 Å². The fraction of sp³-hybridized carbons (Fsp3) is 0. The molecule has 0 aliphatic carbocycles. The molecule has 6 nitrogen and oxygen atoms in total. The second kappa shape index (κ2) is 6.77. The number of benzene rings is 3. The van der Waals surface area contributed by atoms with Crippen LogP contribution in [0.4, 0.5) is 0 Å². The van der Waals surface area contributed by atoms with Crippen molar-refractivity contribution in [2.24, 2.45) is 5.10 Å². The van der Waals surface area contributed by atoms with Gasteiger partial charge in [-0.15, -0.1) is 0 Å². The van der Waals surface area contributed by atoms with Crippen LogP contribution < -0.4 is 5.43 Å². The molecular weight excluding hydrogens is 412 g/mol. The summed E-state index contributed by atoms with van der Waals surface area (Å²) in [7, 11) is 0. The summed E-state index contributed by atoms with van der Waals surface area (Å²) in [6.45, 7) is 0. The van der Waals surface area contributed by atoms with E-state index in [-0.39, 0.29) is 17.3 Å². The van der Waals surface area contributed by atoms with Gasteiger partial charge in [0, 0.05) is 17.0 Å². The molecule has 0 unspecified atom stereocenters. The molecule has 3 N–H and O–H groups in total. The number of phenols is 2. The normalized spacial score (nSPS) is 11.4. The topological polar surface area (TPSA) is 95.1 Å². The zero-order chi connectivity index (χ0) is 19.0. The highest BCUT2D eigenvalue weighted by Crippen LogP contribution is 2.30. The molecule has 1 heterocycles. The Morgan fingerprint density at radius 2 is 1.85 bits per heavy atom. The number of phenolic OH excluding ortho intramolecular Hbond substituents is 2. The van der Waals surface area contributed by atoms with Crippen molar-refractivity contribution in [3.8, 4) is 11.5 Å². The Balaban J connectivity index is 1.58. The fourth-order valence-electron chi connectivity index (χ4n) is 2.79. The Morgan fingerprint density at radius 1 is 1.04 bits per heavy atom. The molecule has 1 aromatic heterocycles. The Morgan fingerprint density at radius 3 is 2.70 bits per heavy atom. The Bertz CT molecular complexity index is 1210. The van der Waals surface area contributed by atoms with Crippen molar-refractivity contribution >= 4 is 49.8 Å². The summed E-state index contributed by atoms with van der Waals surface area (Å²) in [4.78, 5) is 12.3. The largest absolute Gasteiger partial charge is 0.507 e. The molecule has 0 fully saturated rings. The van der Waals surface area contributed by atoms with Gasteiger partial charge in [0.05, 0.1) is 10.7 Å². The molecule has 0 spiro atoms. The number of hydrogen-bond acceptors (Lipinski definition) is 5. The van der Waals surface area contributed by atoms with Crippen LogP contribution in [-0.4, -0.2) is 22.3 Å². The maximum Gasteiger partial charge on any atom is 0.307 e. The molecule has 1 amide bonds. The number of hydrogen-bond donors (Lipinski definition) is 3. The summed E-state index contributed by atoms with van der Waals surface area (Å²) in [5.74, 6) is -0.634. The molecule has 4 rings (SSSR count). The minimum Gasteiger partial charge on any atom is -0.507 e. The average molecular weight is 425 g/mol. The highest BCUT2D eigenvalue weighted by atomic mass is 79.9. The van der Waals surface area contributed by atoms with Crippen LogP contribution in [0.1, 0.15) is 16.1 Å². The van der Waals surface area contributed by atoms with Crippen LogP contribution >= 0.6 is 15.9 Å². The van der Waals surface area contributed by atoms with E-state index < -0.39 is 5.91 Å². The molecule has 0 atom stereocenters. The van der Waals surface area contributed by atoms with Crippen LogP contribution in [0.3, 0.4) is 0 Å². The molecule has 7 heteroatoms. The zero-order valence-electron chi connectivity index (χ0n) is 13.8. The van der Waals surface area contributed by atoms with Gasteiger partial charge in [-0.3, -0.25) is 4.79 Å². The Kier molecular flexibility index (Phi) is 4.29. The highest BCUT2D eigenvalue weighted by molar-refractivity contribution is 9.10. The first-order chi connectivity index (χ1) is 13.0. The first-order valence-corrected chi connectivity index (χ1v) is 8.78. The molecule has 0 aliphatic rings. The number of hydrazone groups is 1. The maximum absolute atomic E-state index is 12.3. The molecule has 0 radical (unpaired) electrons. The number of nitrogens with zero attached hydrogens (tertiary/aromatic N) is 1. The SMILES string of the molecule is O=C(N/N=C\c1cc(Br)c(O)cc1O)c1cc2c(ccc3ccccc32)o1. The van der Waals surface area contributed by atoms with Crippen LogP contribution in [0, 0.1) is 0 Å². The van der Waals surface area contributed by atoms with E-state index in [1.807, 2.05) is 36.4 Å². The lowest BCUT2D eigenvalue weighted by atomic mass is 10.1. The predicted octanol–water partition coefficient (Wildman–Crippen LogP) is 4.52. The predicted molar refractivity (Wildman–Crippen MR) is 106 cm³/mol. The summed E-state index contributed by atoms with van der Waals surface area (Å²) in [5, 5.41) is 26.0. The van der Waals surface area contributed by atoms with Crippen molar-refractivity contribution in [3.63, 3.8) is 0 Å². The van der Waals surface area contributed by atoms with Gasteiger partial charge in [0.2, 0.25) is 0 Å². The van der Waals surface area contributed by atoms with E-state index >= 15 is 0 Å². The molecule has 0 saturated carbocycles. The lowest BCUT2D eigenvalue weighted by molar-refractivity contribution is 0.0929. The summed E-state index contributed by atoms with van der Waals surface area (Å²) in [5.41, 5.74) is 3.31. The van der Waals surface area contributed by atoms with Gasteiger partial charge < -0.3 is 14.6 Å². The van der Waals surface area contributed by atoms with E-state index in [4.69, 9.17) is 4.42 Å². The number of nitrogens with one attached hydrogen (secondary N) is 1. The van der Waals surface area contributed by atoms with Crippen molar-refractivity contribution in [2.45, 2.75) is 0 Å². The molecule has 27 heavy (non-hydrogen) atoms. The summed E-state index contributed by atoms with van der Waals surface area (Å²) >= 11 is 3.15. The third kappa shape index (κ3) is 3.24. The minimum atomic E-state index is -0.510. The number of furan rings is 1. The van der Waals surface area contributed by atoms with E-state index in [1.54, 1.807) is 6.07 Å². The van der Waals surface area contributed by atoms with E-state index in [9.17, 15) is 15.0 Å². The van der Waals surface area contributed by atoms with Crippen molar-refractivity contribution in [3.05, 3.63) is 70.4 Å². The van der Waals surface area contributed by atoms with Crippen LogP contribution in [0.25, 0.3) is 21.7 Å². The van der Waals surface area contributed by atoms with Gasteiger partial charge in [-0.25, -0.2) is 5.43 Å². The maximum atomic E-state index is 12.3. The van der Waals surface area contributed by atoms with Crippen LogP contribution in [0.2, 0.25) is 0 Å². The van der Waals surface area contributed by atoms with Gasteiger partial charge in [0.1, 0.15) is 17.1 Å². The molecule has 134 valence electrons. The number of carbonyl (C=O) groups excluding carboxylic acids is 1. The van der Waals surface area contributed by atoms with E-state index in [0.29, 0.717) is 15.6 Å². The third-order valence-electron chi connectivity index (χ3n) is 4.12. The van der Waals surface area contributed by atoms with Gasteiger partial charge in [-0.05, 0) is 44.9 Å². The van der Waals surface area contributed by atoms with Gasteiger partial charge in [-0.2, -0.15) is 5.10 Å². The van der Waals surface area contributed by atoms with Crippen LogP contribution in [-0.2, 0) is 0 Å². The van der Waals surface area contributed by atoms with E-state index in [2.05, 4.69) is 26.5 Å². The Labute approximate surface area is 161 Å². The summed E-state index contributed by atoms with van der Waals surface area (Å²) in [6, 6.07) is 15.9. The first-order valence-electron chi connectivity index (χ1n) is 7.99. The summed E-state index contributed by atoms with van der Waals surface area (Å²) in [6.07, 6.45) is 1.27. The zero-order valence-corrected chi connectivity index (χ0v) is 15.4. The molecular formula is C20H13BrN2O4. The Hall–Kier alpha value is -3.32. The van der Waals surface area contributed by atoms with E-state index in [1.165, 1.54) is 18.3 Å². The lowest BCUT2D eigenvalue weighted by Gasteiger charge is -2.02. The van der Waals surface area contributed by atoms with Gasteiger partial charge in [0.15, 0.2) is 5.76 Å².